The highest BCUT2D eigenvalue weighted by atomic mass is 16.5. The molecule has 0 radical (unpaired) electrons. The standard InChI is InChI=1S/C18H19N3O2/c1-22-15-9-7-14(8-10-15)12-17-20-18(23-21-17)16(19)11-13-5-3-2-4-6-13/h2-10,16H,11-12,19H2,1H3/t16-/m0/s1. The maximum Gasteiger partial charge on any atom is 0.243 e. The summed E-state index contributed by atoms with van der Waals surface area (Å²) in [7, 11) is 1.65. The van der Waals surface area contributed by atoms with Crippen molar-refractivity contribution in [2.45, 2.75) is 18.9 Å². The smallest absolute Gasteiger partial charge is 0.243 e. The second kappa shape index (κ2) is 7.07. The molecule has 3 aromatic rings. The molecule has 0 spiro atoms. The highest BCUT2D eigenvalue weighted by Gasteiger charge is 2.15. The molecule has 1 atom stereocenters. The quantitative estimate of drug-likeness (QED) is 0.758. The monoisotopic (exact) mass is 309 g/mol. The zero-order valence-electron chi connectivity index (χ0n) is 13.0. The lowest BCUT2D eigenvalue weighted by Crippen LogP contribution is -2.13. The molecule has 2 N–H and O–H groups in total. The van der Waals surface area contributed by atoms with E-state index < -0.39 is 0 Å². The van der Waals surface area contributed by atoms with Crippen LogP contribution < -0.4 is 10.5 Å². The van der Waals surface area contributed by atoms with Gasteiger partial charge in [0.25, 0.3) is 0 Å². The average Bonchev–Trinajstić information content (AvgIpc) is 3.05. The number of hydrogen-bond donors (Lipinski definition) is 1. The summed E-state index contributed by atoms with van der Waals surface area (Å²) >= 11 is 0. The van der Waals surface area contributed by atoms with Crippen molar-refractivity contribution in [1.82, 2.24) is 10.1 Å². The van der Waals surface area contributed by atoms with Gasteiger partial charge >= 0.3 is 0 Å². The number of nitrogens with zero attached hydrogens (tertiary/aromatic N) is 2. The fraction of sp³-hybridized carbons (Fsp3) is 0.222. The summed E-state index contributed by atoms with van der Waals surface area (Å²) in [5.74, 6) is 1.93. The van der Waals surface area contributed by atoms with Crippen molar-refractivity contribution in [3.63, 3.8) is 0 Å². The van der Waals surface area contributed by atoms with Gasteiger partial charge in [-0.3, -0.25) is 0 Å². The van der Waals surface area contributed by atoms with Crippen molar-refractivity contribution in [1.29, 1.82) is 0 Å². The van der Waals surface area contributed by atoms with Crippen LogP contribution in [-0.4, -0.2) is 17.3 Å². The predicted octanol–water partition coefficient (Wildman–Crippen LogP) is 2.91. The molecule has 1 aromatic heterocycles. The van der Waals surface area contributed by atoms with E-state index in [9.17, 15) is 0 Å². The van der Waals surface area contributed by atoms with Gasteiger partial charge in [-0.05, 0) is 29.7 Å². The van der Waals surface area contributed by atoms with Crippen molar-refractivity contribution < 1.29 is 9.26 Å². The molecule has 5 heteroatoms. The van der Waals surface area contributed by atoms with E-state index in [2.05, 4.69) is 10.1 Å². The molecule has 5 nitrogen and oxygen atoms in total. The number of aromatic nitrogens is 2. The van der Waals surface area contributed by atoms with Gasteiger partial charge in [0.15, 0.2) is 5.82 Å². The zero-order chi connectivity index (χ0) is 16.1. The molecule has 3 rings (SSSR count). The Labute approximate surface area is 135 Å². The van der Waals surface area contributed by atoms with Gasteiger partial charge in [-0.15, -0.1) is 0 Å². The molecular weight excluding hydrogens is 290 g/mol. The summed E-state index contributed by atoms with van der Waals surface area (Å²) in [5, 5.41) is 4.02. The van der Waals surface area contributed by atoms with Crippen LogP contribution in [0, 0.1) is 0 Å². The van der Waals surface area contributed by atoms with Gasteiger partial charge in [0.05, 0.1) is 13.2 Å². The van der Waals surface area contributed by atoms with Crippen LogP contribution in [-0.2, 0) is 12.8 Å². The van der Waals surface area contributed by atoms with Gasteiger partial charge in [0.1, 0.15) is 5.75 Å². The fourth-order valence-electron chi connectivity index (χ4n) is 2.37. The Hall–Kier alpha value is -2.66. The van der Waals surface area contributed by atoms with Gasteiger partial charge in [-0.2, -0.15) is 4.98 Å². The van der Waals surface area contributed by atoms with Crippen LogP contribution in [0.1, 0.15) is 28.9 Å². The second-order valence-electron chi connectivity index (χ2n) is 5.37. The minimum absolute atomic E-state index is 0.297. The largest absolute Gasteiger partial charge is 0.497 e. The maximum absolute atomic E-state index is 6.16. The van der Waals surface area contributed by atoms with Crippen LogP contribution >= 0.6 is 0 Å². The normalized spacial score (nSPS) is 12.1. The summed E-state index contributed by atoms with van der Waals surface area (Å²) in [4.78, 5) is 4.41. The fourth-order valence-corrected chi connectivity index (χ4v) is 2.37. The third-order valence-electron chi connectivity index (χ3n) is 3.62. The molecule has 118 valence electrons. The third-order valence-corrected chi connectivity index (χ3v) is 3.62. The molecule has 0 aliphatic heterocycles. The van der Waals surface area contributed by atoms with Crippen molar-refractivity contribution in [3.05, 3.63) is 77.4 Å². The van der Waals surface area contributed by atoms with E-state index in [0.717, 1.165) is 16.9 Å². The SMILES string of the molecule is COc1ccc(Cc2noc([C@@H](N)Cc3ccccc3)n2)cc1. The summed E-state index contributed by atoms with van der Waals surface area (Å²) in [6.45, 7) is 0. The van der Waals surface area contributed by atoms with E-state index in [1.54, 1.807) is 7.11 Å². The molecular formula is C18H19N3O2. The van der Waals surface area contributed by atoms with Crippen LogP contribution in [0.25, 0.3) is 0 Å². The van der Waals surface area contributed by atoms with Gasteiger partial charge < -0.3 is 15.0 Å². The molecule has 0 amide bonds. The molecule has 0 bridgehead atoms. The summed E-state index contributed by atoms with van der Waals surface area (Å²) in [5.41, 5.74) is 8.40. The van der Waals surface area contributed by atoms with Crippen LogP contribution in [0.15, 0.2) is 59.1 Å². The van der Waals surface area contributed by atoms with E-state index in [4.69, 9.17) is 15.0 Å². The van der Waals surface area contributed by atoms with E-state index >= 15 is 0 Å². The Morgan fingerprint density at radius 3 is 2.48 bits per heavy atom. The Bertz CT molecular complexity index is 738. The van der Waals surface area contributed by atoms with Crippen molar-refractivity contribution in [2.24, 2.45) is 5.73 Å². The van der Waals surface area contributed by atoms with E-state index in [0.29, 0.717) is 24.6 Å². The Kier molecular flexibility index (Phi) is 4.68. The number of nitrogens with two attached hydrogens (primary N) is 1. The molecule has 0 aliphatic carbocycles. The Morgan fingerprint density at radius 1 is 1.04 bits per heavy atom. The molecule has 0 aliphatic rings. The molecule has 0 unspecified atom stereocenters. The first-order chi connectivity index (χ1) is 11.2. The first-order valence-corrected chi connectivity index (χ1v) is 7.49. The van der Waals surface area contributed by atoms with Gasteiger partial charge in [-0.1, -0.05) is 47.6 Å². The minimum atomic E-state index is -0.297. The molecule has 0 saturated carbocycles. The van der Waals surface area contributed by atoms with E-state index in [-0.39, 0.29) is 6.04 Å². The lowest BCUT2D eigenvalue weighted by Gasteiger charge is -2.06. The highest BCUT2D eigenvalue weighted by Crippen LogP contribution is 2.17. The summed E-state index contributed by atoms with van der Waals surface area (Å²) < 4.78 is 10.5. The first-order valence-electron chi connectivity index (χ1n) is 7.49. The number of methoxy groups -OCH3 is 1. The first kappa shape index (κ1) is 15.2. The third kappa shape index (κ3) is 3.96. The molecule has 0 fully saturated rings. The lowest BCUT2D eigenvalue weighted by atomic mass is 10.1. The number of hydrogen-bond acceptors (Lipinski definition) is 5. The van der Waals surface area contributed by atoms with E-state index in [1.165, 1.54) is 0 Å². The van der Waals surface area contributed by atoms with Gasteiger partial charge in [0.2, 0.25) is 5.89 Å². The van der Waals surface area contributed by atoms with Crippen molar-refractivity contribution in [3.8, 4) is 5.75 Å². The maximum atomic E-state index is 6.16. The topological polar surface area (TPSA) is 74.2 Å². The van der Waals surface area contributed by atoms with Crippen molar-refractivity contribution in [2.75, 3.05) is 7.11 Å². The summed E-state index contributed by atoms with van der Waals surface area (Å²) in [6, 6.07) is 17.5. The molecule has 1 heterocycles. The predicted molar refractivity (Wildman–Crippen MR) is 87.2 cm³/mol. The number of benzene rings is 2. The van der Waals surface area contributed by atoms with Gasteiger partial charge in [0, 0.05) is 6.42 Å². The minimum Gasteiger partial charge on any atom is -0.497 e. The molecule has 23 heavy (non-hydrogen) atoms. The average molecular weight is 309 g/mol. The molecule has 2 aromatic carbocycles. The van der Waals surface area contributed by atoms with Crippen LogP contribution in [0.5, 0.6) is 5.75 Å². The van der Waals surface area contributed by atoms with Crippen LogP contribution in [0.2, 0.25) is 0 Å². The van der Waals surface area contributed by atoms with E-state index in [1.807, 2.05) is 54.6 Å². The highest BCUT2D eigenvalue weighted by molar-refractivity contribution is 5.28. The zero-order valence-corrected chi connectivity index (χ0v) is 13.0. The molecule has 0 saturated heterocycles. The lowest BCUT2D eigenvalue weighted by molar-refractivity contribution is 0.350. The van der Waals surface area contributed by atoms with Crippen LogP contribution in [0.3, 0.4) is 0 Å². The second-order valence-corrected chi connectivity index (χ2v) is 5.37. The van der Waals surface area contributed by atoms with Gasteiger partial charge in [-0.25, -0.2) is 0 Å². The number of rotatable bonds is 6. The summed E-state index contributed by atoms with van der Waals surface area (Å²) in [6.07, 6.45) is 1.27. The van der Waals surface area contributed by atoms with Crippen molar-refractivity contribution >= 4 is 0 Å². The Balaban J connectivity index is 1.65. The number of ether oxygens (including phenoxy) is 1. The Morgan fingerprint density at radius 2 is 1.78 bits per heavy atom. The van der Waals surface area contributed by atoms with Crippen LogP contribution in [0.4, 0.5) is 0 Å².